The third kappa shape index (κ3) is 16.4. The predicted molar refractivity (Wildman–Crippen MR) is 86.8 cm³/mol. The van der Waals surface area contributed by atoms with Crippen molar-refractivity contribution in [1.29, 1.82) is 0 Å². The van der Waals surface area contributed by atoms with Crippen LogP contribution in [0.3, 0.4) is 0 Å². The lowest BCUT2D eigenvalue weighted by atomic mass is 10.1. The van der Waals surface area contributed by atoms with Crippen molar-refractivity contribution >= 4 is 5.97 Å². The molecule has 0 aliphatic heterocycles. The zero-order chi connectivity index (χ0) is 14.9. The molecule has 0 saturated carbocycles. The van der Waals surface area contributed by atoms with Gasteiger partial charge in [-0.1, -0.05) is 81.2 Å². The number of carboxylic acids is 1. The first-order chi connectivity index (χ1) is 9.77. The van der Waals surface area contributed by atoms with Gasteiger partial charge in [-0.3, -0.25) is 4.79 Å². The van der Waals surface area contributed by atoms with Crippen LogP contribution in [-0.2, 0) is 4.79 Å². The lowest BCUT2D eigenvalue weighted by molar-refractivity contribution is -0.137. The van der Waals surface area contributed by atoms with Crippen LogP contribution in [0.1, 0.15) is 57.8 Å². The maximum absolute atomic E-state index is 10.3. The molecule has 0 fully saturated rings. The molecule has 0 rings (SSSR count). The van der Waals surface area contributed by atoms with E-state index < -0.39 is 5.97 Å². The van der Waals surface area contributed by atoms with Gasteiger partial charge in [0.2, 0.25) is 0 Å². The summed E-state index contributed by atoms with van der Waals surface area (Å²) in [6.45, 7) is 3.60. The maximum atomic E-state index is 10.3. The van der Waals surface area contributed by atoms with Gasteiger partial charge in [0.05, 0.1) is 0 Å². The topological polar surface area (TPSA) is 37.3 Å². The summed E-state index contributed by atoms with van der Waals surface area (Å²) in [5, 5.41) is 8.50. The molecule has 20 heavy (non-hydrogen) atoms. The fourth-order valence-electron chi connectivity index (χ4n) is 1.87. The van der Waals surface area contributed by atoms with Crippen molar-refractivity contribution in [3.8, 4) is 0 Å². The number of carboxylic acid groups (broad SMARTS) is 1. The lowest BCUT2D eigenvalue weighted by Gasteiger charge is -1.99. The highest BCUT2D eigenvalue weighted by Gasteiger charge is 1.96. The summed E-state index contributed by atoms with van der Waals surface area (Å²) in [5.74, 6) is -0.675. The molecule has 0 unspecified atom stereocenters. The molecule has 2 heteroatoms. The Hall–Kier alpha value is -1.57. The predicted octanol–water partition coefficient (Wildman–Crippen LogP) is 5.44. The molecule has 0 heterocycles. The Morgan fingerprint density at radius 3 is 2.00 bits per heavy atom. The molecular formula is C18H28O2. The molecule has 0 bridgehead atoms. The summed E-state index contributed by atoms with van der Waals surface area (Å²) < 4.78 is 0. The fraction of sp³-hybridized carbons (Fsp3) is 0.500. The second-order valence-electron chi connectivity index (χ2n) is 4.84. The molecule has 0 spiro atoms. The first-order valence-corrected chi connectivity index (χ1v) is 7.60. The number of unbranched alkanes of at least 4 members (excludes halogenated alkanes) is 7. The lowest BCUT2D eigenvalue weighted by Crippen LogP contribution is -1.93. The van der Waals surface area contributed by atoms with Crippen LogP contribution >= 0.6 is 0 Å². The summed E-state index contributed by atoms with van der Waals surface area (Å²) in [5.41, 5.74) is 0. The molecule has 0 radical (unpaired) electrons. The van der Waals surface area contributed by atoms with Gasteiger partial charge in [0.15, 0.2) is 0 Å². The zero-order valence-corrected chi connectivity index (χ0v) is 12.5. The van der Waals surface area contributed by atoms with Crippen LogP contribution in [0.25, 0.3) is 0 Å². The van der Waals surface area contributed by atoms with Crippen LogP contribution in [0.5, 0.6) is 0 Å². The average molecular weight is 276 g/mol. The standard InChI is InChI=1S/C18H28O2/c1-2-3-4-5-6-7-8-9-10-11-12-13-14-15-16-17-18(19)20/h2-8H,1,9-17H2,(H,19,20). The van der Waals surface area contributed by atoms with Crippen molar-refractivity contribution in [1.82, 2.24) is 0 Å². The summed E-state index contributed by atoms with van der Waals surface area (Å²) in [6, 6.07) is 0. The van der Waals surface area contributed by atoms with E-state index in [2.05, 4.69) is 18.7 Å². The van der Waals surface area contributed by atoms with Gasteiger partial charge in [-0.25, -0.2) is 0 Å². The van der Waals surface area contributed by atoms with Gasteiger partial charge in [-0.15, -0.1) is 0 Å². The van der Waals surface area contributed by atoms with Crippen molar-refractivity contribution in [2.75, 3.05) is 0 Å². The van der Waals surface area contributed by atoms with E-state index in [-0.39, 0.29) is 0 Å². The number of hydrogen-bond acceptors (Lipinski definition) is 1. The number of allylic oxidation sites excluding steroid dienone is 7. The molecule has 0 amide bonds. The van der Waals surface area contributed by atoms with E-state index in [1.807, 2.05) is 24.3 Å². The van der Waals surface area contributed by atoms with Gasteiger partial charge in [0.1, 0.15) is 0 Å². The summed E-state index contributed by atoms with van der Waals surface area (Å²) >= 11 is 0. The van der Waals surface area contributed by atoms with Gasteiger partial charge >= 0.3 is 5.97 Å². The summed E-state index contributed by atoms with van der Waals surface area (Å²) in [7, 11) is 0. The van der Waals surface area contributed by atoms with E-state index >= 15 is 0 Å². The van der Waals surface area contributed by atoms with Gasteiger partial charge in [0, 0.05) is 6.42 Å². The number of hydrogen-bond donors (Lipinski definition) is 1. The summed E-state index contributed by atoms with van der Waals surface area (Å²) in [4.78, 5) is 10.3. The zero-order valence-electron chi connectivity index (χ0n) is 12.5. The molecule has 2 nitrogen and oxygen atoms in total. The second-order valence-corrected chi connectivity index (χ2v) is 4.84. The molecular weight excluding hydrogens is 248 g/mol. The maximum Gasteiger partial charge on any atom is 0.303 e. The molecule has 0 saturated heterocycles. The third-order valence-corrected chi connectivity index (χ3v) is 2.98. The first-order valence-electron chi connectivity index (χ1n) is 7.60. The minimum atomic E-state index is -0.675. The van der Waals surface area contributed by atoms with Crippen LogP contribution in [0.15, 0.2) is 49.1 Å². The van der Waals surface area contributed by atoms with Crippen molar-refractivity contribution in [3.05, 3.63) is 49.1 Å². The molecule has 1 N–H and O–H groups in total. The molecule has 0 aliphatic rings. The van der Waals surface area contributed by atoms with E-state index in [1.54, 1.807) is 6.08 Å². The molecule has 0 aromatic rings. The number of rotatable bonds is 13. The molecule has 0 aromatic carbocycles. The van der Waals surface area contributed by atoms with Crippen LogP contribution in [0.4, 0.5) is 0 Å². The highest BCUT2D eigenvalue weighted by molar-refractivity contribution is 5.66. The van der Waals surface area contributed by atoms with Gasteiger partial charge < -0.3 is 5.11 Å². The Morgan fingerprint density at radius 1 is 0.800 bits per heavy atom. The van der Waals surface area contributed by atoms with E-state index in [4.69, 9.17) is 5.11 Å². The van der Waals surface area contributed by atoms with E-state index in [0.717, 1.165) is 19.3 Å². The van der Waals surface area contributed by atoms with E-state index in [0.29, 0.717) is 6.42 Å². The van der Waals surface area contributed by atoms with E-state index in [9.17, 15) is 4.79 Å². The summed E-state index contributed by atoms with van der Waals surface area (Å²) in [6.07, 6.45) is 23.4. The van der Waals surface area contributed by atoms with Crippen LogP contribution in [0, 0.1) is 0 Å². The van der Waals surface area contributed by atoms with Crippen molar-refractivity contribution in [2.45, 2.75) is 57.8 Å². The minimum Gasteiger partial charge on any atom is -0.481 e. The Balaban J connectivity index is 3.22. The van der Waals surface area contributed by atoms with Crippen molar-refractivity contribution in [3.63, 3.8) is 0 Å². The van der Waals surface area contributed by atoms with E-state index in [1.165, 1.54) is 32.1 Å². The van der Waals surface area contributed by atoms with Crippen LogP contribution < -0.4 is 0 Å². The van der Waals surface area contributed by atoms with Gasteiger partial charge in [-0.05, 0) is 19.3 Å². The largest absolute Gasteiger partial charge is 0.481 e. The molecule has 0 aromatic heterocycles. The highest BCUT2D eigenvalue weighted by Crippen LogP contribution is 2.09. The SMILES string of the molecule is C=CC=CC=CC=CCCCCCCCCCC(=O)O. The Kier molecular flexibility index (Phi) is 14.3. The monoisotopic (exact) mass is 276 g/mol. The molecule has 112 valence electrons. The fourth-order valence-corrected chi connectivity index (χ4v) is 1.87. The quantitative estimate of drug-likeness (QED) is 0.359. The normalized spacial score (nSPS) is 11.8. The smallest absolute Gasteiger partial charge is 0.303 e. The average Bonchev–Trinajstić information content (AvgIpc) is 2.43. The Bertz CT molecular complexity index is 324. The highest BCUT2D eigenvalue weighted by atomic mass is 16.4. The molecule has 0 atom stereocenters. The van der Waals surface area contributed by atoms with Gasteiger partial charge in [-0.2, -0.15) is 0 Å². The number of aliphatic carboxylic acids is 1. The van der Waals surface area contributed by atoms with Crippen LogP contribution in [-0.4, -0.2) is 11.1 Å². The number of carbonyl (C=O) groups is 1. The van der Waals surface area contributed by atoms with Gasteiger partial charge in [0.25, 0.3) is 0 Å². The Morgan fingerprint density at radius 2 is 1.35 bits per heavy atom. The minimum absolute atomic E-state index is 0.320. The van der Waals surface area contributed by atoms with Crippen molar-refractivity contribution < 1.29 is 9.90 Å². The Labute approximate surface area is 123 Å². The first kappa shape index (κ1) is 18.4. The molecule has 0 aliphatic carbocycles. The van der Waals surface area contributed by atoms with Crippen LogP contribution in [0.2, 0.25) is 0 Å². The third-order valence-electron chi connectivity index (χ3n) is 2.98. The second kappa shape index (κ2) is 15.5. The van der Waals surface area contributed by atoms with Crippen molar-refractivity contribution in [2.24, 2.45) is 0 Å².